The van der Waals surface area contributed by atoms with Crippen molar-refractivity contribution in [2.45, 2.75) is 31.5 Å². The molecular weight excluding hydrogens is 244 g/mol. The van der Waals surface area contributed by atoms with Crippen LogP contribution in [0.3, 0.4) is 0 Å². The van der Waals surface area contributed by atoms with Crippen molar-refractivity contribution >= 4 is 5.97 Å². The molecular formula is C14H20N2O3. The summed E-state index contributed by atoms with van der Waals surface area (Å²) in [7, 11) is 0. The second-order valence-electron chi connectivity index (χ2n) is 5.01. The molecule has 0 aliphatic carbocycles. The SMILES string of the molecule is N[C@H](CCN1Cc2ccccc2CC1CO)C(=O)O. The van der Waals surface area contributed by atoms with Crippen molar-refractivity contribution in [2.75, 3.05) is 13.2 Å². The lowest BCUT2D eigenvalue weighted by atomic mass is 9.94. The van der Waals surface area contributed by atoms with Crippen molar-refractivity contribution in [3.63, 3.8) is 0 Å². The fourth-order valence-electron chi connectivity index (χ4n) is 2.51. The van der Waals surface area contributed by atoms with Crippen LogP contribution in [0.4, 0.5) is 0 Å². The summed E-state index contributed by atoms with van der Waals surface area (Å²) >= 11 is 0. The number of aliphatic hydroxyl groups excluding tert-OH is 1. The molecule has 19 heavy (non-hydrogen) atoms. The number of nitrogens with zero attached hydrogens (tertiary/aromatic N) is 1. The highest BCUT2D eigenvalue weighted by molar-refractivity contribution is 5.72. The largest absolute Gasteiger partial charge is 0.480 e. The van der Waals surface area contributed by atoms with Gasteiger partial charge in [-0.1, -0.05) is 24.3 Å². The van der Waals surface area contributed by atoms with E-state index < -0.39 is 12.0 Å². The van der Waals surface area contributed by atoms with Crippen LogP contribution in [0.5, 0.6) is 0 Å². The zero-order valence-corrected chi connectivity index (χ0v) is 10.8. The normalized spacial score (nSPS) is 20.8. The summed E-state index contributed by atoms with van der Waals surface area (Å²) in [5, 5.41) is 18.3. The summed E-state index contributed by atoms with van der Waals surface area (Å²) in [6.07, 6.45) is 1.20. The molecule has 0 spiro atoms. The minimum Gasteiger partial charge on any atom is -0.480 e. The summed E-state index contributed by atoms with van der Waals surface area (Å²) in [4.78, 5) is 12.8. The van der Waals surface area contributed by atoms with Crippen molar-refractivity contribution in [3.8, 4) is 0 Å². The number of rotatable bonds is 5. The Bertz CT molecular complexity index is 450. The van der Waals surface area contributed by atoms with E-state index in [4.69, 9.17) is 10.8 Å². The Morgan fingerprint density at radius 2 is 2.11 bits per heavy atom. The van der Waals surface area contributed by atoms with Crippen LogP contribution in [0.2, 0.25) is 0 Å². The lowest BCUT2D eigenvalue weighted by Crippen LogP contribution is -2.45. The van der Waals surface area contributed by atoms with Gasteiger partial charge in [0.2, 0.25) is 0 Å². The molecule has 0 fully saturated rings. The van der Waals surface area contributed by atoms with Gasteiger partial charge in [0.15, 0.2) is 0 Å². The van der Waals surface area contributed by atoms with Gasteiger partial charge in [0.25, 0.3) is 0 Å². The van der Waals surface area contributed by atoms with Gasteiger partial charge in [0, 0.05) is 19.1 Å². The summed E-state index contributed by atoms with van der Waals surface area (Å²) < 4.78 is 0. The van der Waals surface area contributed by atoms with Gasteiger partial charge >= 0.3 is 5.97 Å². The van der Waals surface area contributed by atoms with Gasteiger partial charge in [0.05, 0.1) is 6.61 Å². The molecule has 104 valence electrons. The molecule has 0 radical (unpaired) electrons. The second-order valence-corrected chi connectivity index (χ2v) is 5.01. The van der Waals surface area contributed by atoms with Crippen LogP contribution in [0.1, 0.15) is 17.5 Å². The molecule has 0 saturated heterocycles. The third-order valence-electron chi connectivity index (χ3n) is 3.72. The van der Waals surface area contributed by atoms with E-state index in [2.05, 4.69) is 17.0 Å². The number of benzene rings is 1. The van der Waals surface area contributed by atoms with E-state index in [1.54, 1.807) is 0 Å². The van der Waals surface area contributed by atoms with Crippen LogP contribution in [0, 0.1) is 0 Å². The Balaban J connectivity index is 2.02. The van der Waals surface area contributed by atoms with E-state index in [0.717, 1.165) is 13.0 Å². The monoisotopic (exact) mass is 264 g/mol. The number of fused-ring (bicyclic) bond motifs is 1. The molecule has 0 aromatic heterocycles. The third kappa shape index (κ3) is 3.32. The van der Waals surface area contributed by atoms with Gasteiger partial charge in [-0.25, -0.2) is 0 Å². The standard InChI is InChI=1S/C14H20N2O3/c15-13(14(18)19)5-6-16-8-11-4-2-1-3-10(11)7-12(16)9-17/h1-4,12-13,17H,5-9,15H2,(H,18,19)/t12?,13-/m1/s1. The lowest BCUT2D eigenvalue weighted by Gasteiger charge is -2.36. The van der Waals surface area contributed by atoms with E-state index in [-0.39, 0.29) is 12.6 Å². The fraction of sp³-hybridized carbons (Fsp3) is 0.500. The first-order valence-corrected chi connectivity index (χ1v) is 6.52. The number of hydrogen-bond acceptors (Lipinski definition) is 4. The molecule has 2 rings (SSSR count). The van der Waals surface area contributed by atoms with E-state index in [1.165, 1.54) is 11.1 Å². The molecule has 2 atom stereocenters. The molecule has 1 aliphatic rings. The van der Waals surface area contributed by atoms with Crippen LogP contribution in [0.25, 0.3) is 0 Å². The second kappa shape index (κ2) is 6.14. The Morgan fingerprint density at radius 3 is 2.74 bits per heavy atom. The zero-order valence-electron chi connectivity index (χ0n) is 10.8. The highest BCUT2D eigenvalue weighted by Crippen LogP contribution is 2.23. The van der Waals surface area contributed by atoms with Crippen molar-refractivity contribution in [1.29, 1.82) is 0 Å². The first kappa shape index (κ1) is 14.0. The molecule has 0 bridgehead atoms. The van der Waals surface area contributed by atoms with Gasteiger partial charge in [-0.2, -0.15) is 0 Å². The number of nitrogens with two attached hydrogens (primary N) is 1. The minimum absolute atomic E-state index is 0.0518. The Morgan fingerprint density at radius 1 is 1.42 bits per heavy atom. The highest BCUT2D eigenvalue weighted by atomic mass is 16.4. The van der Waals surface area contributed by atoms with Crippen LogP contribution in [-0.2, 0) is 17.8 Å². The summed E-state index contributed by atoms with van der Waals surface area (Å²) in [5.74, 6) is -0.974. The highest BCUT2D eigenvalue weighted by Gasteiger charge is 2.26. The molecule has 0 amide bonds. The maximum Gasteiger partial charge on any atom is 0.320 e. The molecule has 4 N–H and O–H groups in total. The molecule has 1 aliphatic heterocycles. The van der Waals surface area contributed by atoms with Gasteiger partial charge < -0.3 is 15.9 Å². The third-order valence-corrected chi connectivity index (χ3v) is 3.72. The maximum absolute atomic E-state index is 10.7. The molecule has 1 unspecified atom stereocenters. The first-order chi connectivity index (χ1) is 9.11. The Kier molecular flexibility index (Phi) is 4.52. The first-order valence-electron chi connectivity index (χ1n) is 6.52. The minimum atomic E-state index is -0.974. The number of aliphatic hydroxyl groups is 1. The Hall–Kier alpha value is -1.43. The van der Waals surface area contributed by atoms with Crippen molar-refractivity contribution in [1.82, 2.24) is 4.90 Å². The van der Waals surface area contributed by atoms with Crippen LogP contribution < -0.4 is 5.73 Å². The molecule has 5 heteroatoms. The zero-order chi connectivity index (χ0) is 13.8. The van der Waals surface area contributed by atoms with Crippen LogP contribution in [-0.4, -0.2) is 46.3 Å². The number of aliphatic carboxylic acids is 1. The molecule has 1 aromatic rings. The van der Waals surface area contributed by atoms with Crippen molar-refractivity contribution in [2.24, 2.45) is 5.73 Å². The molecule has 1 heterocycles. The summed E-state index contributed by atoms with van der Waals surface area (Å²) in [6, 6.07) is 7.38. The summed E-state index contributed by atoms with van der Waals surface area (Å²) in [6.45, 7) is 1.41. The number of carboxylic acid groups (broad SMARTS) is 1. The fourth-order valence-corrected chi connectivity index (χ4v) is 2.51. The van der Waals surface area contributed by atoms with Gasteiger partial charge in [-0.3, -0.25) is 9.69 Å². The molecule has 5 nitrogen and oxygen atoms in total. The van der Waals surface area contributed by atoms with Gasteiger partial charge in [0.1, 0.15) is 6.04 Å². The Labute approximate surface area is 112 Å². The van der Waals surface area contributed by atoms with E-state index in [0.29, 0.717) is 13.0 Å². The number of carboxylic acids is 1. The average Bonchev–Trinajstić information content (AvgIpc) is 2.43. The summed E-state index contributed by atoms with van der Waals surface area (Å²) in [5.41, 5.74) is 8.04. The quantitative estimate of drug-likeness (QED) is 0.707. The molecule has 0 saturated carbocycles. The predicted octanol–water partition coefficient (Wildman–Crippen LogP) is 0.208. The number of hydrogen-bond donors (Lipinski definition) is 3. The number of carbonyl (C=O) groups is 1. The van der Waals surface area contributed by atoms with Crippen LogP contribution in [0.15, 0.2) is 24.3 Å². The maximum atomic E-state index is 10.7. The average molecular weight is 264 g/mol. The topological polar surface area (TPSA) is 86.8 Å². The molecule has 1 aromatic carbocycles. The van der Waals surface area contributed by atoms with E-state index in [1.807, 2.05) is 12.1 Å². The van der Waals surface area contributed by atoms with E-state index in [9.17, 15) is 9.90 Å². The lowest BCUT2D eigenvalue weighted by molar-refractivity contribution is -0.138. The predicted molar refractivity (Wildman–Crippen MR) is 71.7 cm³/mol. The van der Waals surface area contributed by atoms with Crippen molar-refractivity contribution in [3.05, 3.63) is 35.4 Å². The van der Waals surface area contributed by atoms with Crippen LogP contribution >= 0.6 is 0 Å². The van der Waals surface area contributed by atoms with Gasteiger partial charge in [-0.05, 0) is 24.0 Å². The van der Waals surface area contributed by atoms with Gasteiger partial charge in [-0.15, -0.1) is 0 Å². The van der Waals surface area contributed by atoms with Crippen molar-refractivity contribution < 1.29 is 15.0 Å². The van der Waals surface area contributed by atoms with E-state index >= 15 is 0 Å². The smallest absolute Gasteiger partial charge is 0.320 e.